The molecule has 1 aliphatic heterocycles. The second-order valence-corrected chi connectivity index (χ2v) is 8.39. The molecule has 29 heavy (non-hydrogen) atoms. The third-order valence-electron chi connectivity index (χ3n) is 5.29. The van der Waals surface area contributed by atoms with Crippen LogP contribution in [0.3, 0.4) is 0 Å². The van der Waals surface area contributed by atoms with Crippen LogP contribution in [0.4, 0.5) is 0 Å². The van der Waals surface area contributed by atoms with Crippen LogP contribution < -0.4 is 10.6 Å². The van der Waals surface area contributed by atoms with Crippen LogP contribution in [0.25, 0.3) is 0 Å². The molecule has 0 amide bonds. The Morgan fingerprint density at radius 2 is 2.21 bits per heavy atom. The van der Waals surface area contributed by atoms with Gasteiger partial charge in [0.15, 0.2) is 11.8 Å². The fourth-order valence-corrected chi connectivity index (χ4v) is 3.62. The molecular formula is C22H34N6O. The molecule has 0 aliphatic carbocycles. The van der Waals surface area contributed by atoms with E-state index in [1.165, 1.54) is 11.1 Å². The number of aliphatic imine (C=N–C) groups is 1. The first-order valence-corrected chi connectivity index (χ1v) is 10.4. The molecule has 1 aromatic heterocycles. The average Bonchev–Trinajstić information content (AvgIpc) is 3.08. The molecule has 1 unspecified atom stereocenters. The SMILES string of the molecule is CCNC(=NCC(C)(C)c1cccc(C)c1)NC1CCc2nc(COC)nn2C1. The minimum Gasteiger partial charge on any atom is -0.377 e. The fraction of sp³-hybridized carbons (Fsp3) is 0.591. The van der Waals surface area contributed by atoms with E-state index in [4.69, 9.17) is 9.73 Å². The Labute approximate surface area is 174 Å². The number of nitrogens with one attached hydrogen (secondary N) is 2. The Hall–Kier alpha value is -2.41. The Balaban J connectivity index is 1.66. The van der Waals surface area contributed by atoms with Crippen molar-refractivity contribution in [3.05, 3.63) is 47.0 Å². The largest absolute Gasteiger partial charge is 0.377 e. The van der Waals surface area contributed by atoms with Crippen LogP contribution in [0.15, 0.2) is 29.3 Å². The van der Waals surface area contributed by atoms with Gasteiger partial charge in [0.2, 0.25) is 0 Å². The topological polar surface area (TPSA) is 76.4 Å². The van der Waals surface area contributed by atoms with Gasteiger partial charge in [-0.1, -0.05) is 43.7 Å². The van der Waals surface area contributed by atoms with E-state index < -0.39 is 0 Å². The zero-order valence-corrected chi connectivity index (χ0v) is 18.3. The zero-order chi connectivity index (χ0) is 20.9. The molecule has 2 aromatic rings. The molecular weight excluding hydrogens is 364 g/mol. The number of benzene rings is 1. The quantitative estimate of drug-likeness (QED) is 0.554. The molecule has 3 rings (SSSR count). The summed E-state index contributed by atoms with van der Waals surface area (Å²) in [5, 5.41) is 11.5. The van der Waals surface area contributed by atoms with Gasteiger partial charge in [-0.3, -0.25) is 4.99 Å². The second kappa shape index (κ2) is 9.39. The van der Waals surface area contributed by atoms with Crippen molar-refractivity contribution in [1.29, 1.82) is 0 Å². The van der Waals surface area contributed by atoms with Crippen LogP contribution in [0.1, 0.15) is 50.0 Å². The molecule has 7 nitrogen and oxygen atoms in total. The van der Waals surface area contributed by atoms with Crippen LogP contribution in [-0.4, -0.2) is 47.0 Å². The summed E-state index contributed by atoms with van der Waals surface area (Å²) in [5.41, 5.74) is 2.56. The number of aryl methyl sites for hydroxylation is 2. The number of fused-ring (bicyclic) bond motifs is 1. The van der Waals surface area contributed by atoms with E-state index in [-0.39, 0.29) is 11.5 Å². The second-order valence-electron chi connectivity index (χ2n) is 8.39. The normalized spacial score (nSPS) is 17.1. The van der Waals surface area contributed by atoms with Gasteiger partial charge < -0.3 is 15.4 Å². The van der Waals surface area contributed by atoms with Crippen molar-refractivity contribution in [3.63, 3.8) is 0 Å². The molecule has 1 aliphatic rings. The molecule has 0 saturated heterocycles. The lowest BCUT2D eigenvalue weighted by molar-refractivity contribution is 0.177. The first kappa shape index (κ1) is 21.3. The van der Waals surface area contributed by atoms with Gasteiger partial charge in [0, 0.05) is 31.5 Å². The summed E-state index contributed by atoms with van der Waals surface area (Å²) in [6.07, 6.45) is 1.92. The summed E-state index contributed by atoms with van der Waals surface area (Å²) in [4.78, 5) is 9.46. The van der Waals surface area contributed by atoms with E-state index in [2.05, 4.69) is 72.7 Å². The van der Waals surface area contributed by atoms with E-state index in [1.54, 1.807) is 7.11 Å². The predicted octanol–water partition coefficient (Wildman–Crippen LogP) is 2.58. The summed E-state index contributed by atoms with van der Waals surface area (Å²) < 4.78 is 7.15. The van der Waals surface area contributed by atoms with Crippen molar-refractivity contribution in [3.8, 4) is 0 Å². The number of hydrogen-bond donors (Lipinski definition) is 2. The van der Waals surface area contributed by atoms with E-state index in [0.29, 0.717) is 13.2 Å². The van der Waals surface area contributed by atoms with Crippen LogP contribution in [0.2, 0.25) is 0 Å². The summed E-state index contributed by atoms with van der Waals surface area (Å²) in [5.74, 6) is 2.65. The molecule has 2 heterocycles. The first-order chi connectivity index (χ1) is 13.9. The van der Waals surface area contributed by atoms with Gasteiger partial charge >= 0.3 is 0 Å². The van der Waals surface area contributed by atoms with Gasteiger partial charge in [-0.15, -0.1) is 0 Å². The number of hydrogen-bond acceptors (Lipinski definition) is 4. The monoisotopic (exact) mass is 398 g/mol. The number of nitrogens with zero attached hydrogens (tertiary/aromatic N) is 4. The van der Waals surface area contributed by atoms with Crippen molar-refractivity contribution in [2.24, 2.45) is 4.99 Å². The molecule has 0 fully saturated rings. The number of rotatable bonds is 7. The van der Waals surface area contributed by atoms with Gasteiger partial charge in [0.25, 0.3) is 0 Å². The van der Waals surface area contributed by atoms with Crippen molar-refractivity contribution in [2.75, 3.05) is 20.2 Å². The maximum absolute atomic E-state index is 5.15. The van der Waals surface area contributed by atoms with Gasteiger partial charge in [0.05, 0.1) is 13.1 Å². The highest BCUT2D eigenvalue weighted by atomic mass is 16.5. The molecule has 0 saturated carbocycles. The number of aromatic nitrogens is 3. The highest BCUT2D eigenvalue weighted by molar-refractivity contribution is 5.80. The Morgan fingerprint density at radius 3 is 2.93 bits per heavy atom. The van der Waals surface area contributed by atoms with Crippen LogP contribution in [-0.2, 0) is 29.7 Å². The van der Waals surface area contributed by atoms with Crippen molar-refractivity contribution < 1.29 is 4.74 Å². The van der Waals surface area contributed by atoms with Crippen molar-refractivity contribution in [1.82, 2.24) is 25.4 Å². The zero-order valence-electron chi connectivity index (χ0n) is 18.3. The molecule has 7 heteroatoms. The molecule has 1 atom stereocenters. The smallest absolute Gasteiger partial charge is 0.191 e. The number of guanidine groups is 1. The minimum atomic E-state index is -0.0327. The summed E-state index contributed by atoms with van der Waals surface area (Å²) in [6.45, 7) is 11.5. The minimum absolute atomic E-state index is 0.0327. The lowest BCUT2D eigenvalue weighted by atomic mass is 9.84. The third kappa shape index (κ3) is 5.56. The standard InChI is InChI=1S/C22H34N6O/c1-6-23-21(24-15-22(3,4)17-9-7-8-16(2)12-17)25-18-10-11-20-26-19(14-29-5)27-28(20)13-18/h7-9,12,18H,6,10-11,13-15H2,1-5H3,(H2,23,24,25). The van der Waals surface area contributed by atoms with Crippen LogP contribution >= 0.6 is 0 Å². The van der Waals surface area contributed by atoms with Crippen molar-refractivity contribution in [2.45, 2.75) is 65.1 Å². The van der Waals surface area contributed by atoms with Crippen LogP contribution in [0.5, 0.6) is 0 Å². The van der Waals surface area contributed by atoms with Crippen molar-refractivity contribution >= 4 is 5.96 Å². The maximum atomic E-state index is 5.15. The average molecular weight is 399 g/mol. The molecule has 0 spiro atoms. The Bertz CT molecular complexity index is 842. The lowest BCUT2D eigenvalue weighted by Gasteiger charge is -2.27. The van der Waals surface area contributed by atoms with E-state index in [9.17, 15) is 0 Å². The predicted molar refractivity (Wildman–Crippen MR) is 116 cm³/mol. The van der Waals surface area contributed by atoms with Gasteiger partial charge in [-0.2, -0.15) is 5.10 Å². The Morgan fingerprint density at radius 1 is 1.38 bits per heavy atom. The van der Waals surface area contributed by atoms with E-state index in [0.717, 1.165) is 43.5 Å². The third-order valence-corrected chi connectivity index (χ3v) is 5.29. The summed E-state index contributed by atoms with van der Waals surface area (Å²) in [6, 6.07) is 8.97. The lowest BCUT2D eigenvalue weighted by Crippen LogP contribution is -2.47. The Kier molecular flexibility index (Phi) is 6.90. The highest BCUT2D eigenvalue weighted by Gasteiger charge is 2.24. The first-order valence-electron chi connectivity index (χ1n) is 10.4. The molecule has 158 valence electrons. The van der Waals surface area contributed by atoms with E-state index in [1.807, 2.05) is 4.68 Å². The molecule has 0 radical (unpaired) electrons. The van der Waals surface area contributed by atoms with E-state index >= 15 is 0 Å². The van der Waals surface area contributed by atoms with Gasteiger partial charge in [-0.25, -0.2) is 9.67 Å². The molecule has 2 N–H and O–H groups in total. The highest BCUT2D eigenvalue weighted by Crippen LogP contribution is 2.24. The number of methoxy groups -OCH3 is 1. The fourth-order valence-electron chi connectivity index (χ4n) is 3.62. The van der Waals surface area contributed by atoms with Gasteiger partial charge in [-0.05, 0) is 25.8 Å². The van der Waals surface area contributed by atoms with Gasteiger partial charge in [0.1, 0.15) is 12.4 Å². The maximum Gasteiger partial charge on any atom is 0.191 e. The number of ether oxygens (including phenoxy) is 1. The van der Waals surface area contributed by atoms with Crippen LogP contribution in [0, 0.1) is 6.92 Å². The molecule has 1 aromatic carbocycles. The molecule has 0 bridgehead atoms. The summed E-state index contributed by atoms with van der Waals surface area (Å²) >= 11 is 0. The summed E-state index contributed by atoms with van der Waals surface area (Å²) in [7, 11) is 1.67.